The van der Waals surface area contributed by atoms with Gasteiger partial charge in [0.05, 0.1) is 6.54 Å². The van der Waals surface area contributed by atoms with Gasteiger partial charge < -0.3 is 4.52 Å². The molecule has 0 N–H and O–H groups in total. The van der Waals surface area contributed by atoms with E-state index in [1.54, 1.807) is 6.92 Å². The first-order valence-electron chi connectivity index (χ1n) is 7.24. The number of Topliss-reactive ketones (excluding diaryl/α,β-unsaturated/α-hetero) is 1. The van der Waals surface area contributed by atoms with Gasteiger partial charge in [0.15, 0.2) is 5.82 Å². The summed E-state index contributed by atoms with van der Waals surface area (Å²) < 4.78 is 5.29. The Hall–Kier alpha value is -1.23. The normalized spacial score (nSPS) is 20.6. The van der Waals surface area contributed by atoms with Crippen molar-refractivity contribution in [1.82, 2.24) is 15.0 Å². The van der Waals surface area contributed by atoms with E-state index in [0.29, 0.717) is 24.9 Å². The molecule has 19 heavy (non-hydrogen) atoms. The molecule has 1 aromatic rings. The van der Waals surface area contributed by atoms with Crippen molar-refractivity contribution in [2.75, 3.05) is 6.54 Å². The molecule has 0 saturated carbocycles. The zero-order valence-electron chi connectivity index (χ0n) is 11.9. The molecule has 2 heterocycles. The Morgan fingerprint density at radius 3 is 3.05 bits per heavy atom. The molecule has 1 unspecified atom stereocenters. The summed E-state index contributed by atoms with van der Waals surface area (Å²) in [6.45, 7) is 5.46. The molecule has 1 aromatic heterocycles. The number of carbonyl (C=O) groups is 1. The van der Waals surface area contributed by atoms with Crippen LogP contribution in [0.2, 0.25) is 0 Å². The van der Waals surface area contributed by atoms with Crippen molar-refractivity contribution in [2.45, 2.75) is 65.0 Å². The largest absolute Gasteiger partial charge is 0.338 e. The Kier molecular flexibility index (Phi) is 5.07. The van der Waals surface area contributed by atoms with Gasteiger partial charge in [-0.05, 0) is 32.7 Å². The van der Waals surface area contributed by atoms with E-state index in [2.05, 4.69) is 22.0 Å². The Balaban J connectivity index is 1.95. The van der Waals surface area contributed by atoms with Crippen molar-refractivity contribution >= 4 is 5.78 Å². The predicted octanol–water partition coefficient (Wildman–Crippen LogP) is 2.36. The number of likely N-dealkylation sites (tertiary alicyclic amines) is 1. The second-order valence-electron chi connectivity index (χ2n) is 5.38. The lowest BCUT2D eigenvalue weighted by Gasteiger charge is -2.34. The van der Waals surface area contributed by atoms with Crippen LogP contribution < -0.4 is 0 Å². The molecular weight excluding hydrogens is 242 g/mol. The standard InChI is InChI=1S/C14H23N3O2/c1-3-6-13-15-14(19-16-13)10-17-8-5-4-7-12(17)9-11(2)18/h12H,3-10H2,1-2H3. The Labute approximate surface area is 114 Å². The minimum absolute atomic E-state index is 0.258. The van der Waals surface area contributed by atoms with Gasteiger partial charge in [-0.15, -0.1) is 0 Å². The van der Waals surface area contributed by atoms with E-state index in [1.807, 2.05) is 0 Å². The molecule has 5 nitrogen and oxygen atoms in total. The molecule has 1 atom stereocenters. The molecule has 0 radical (unpaired) electrons. The summed E-state index contributed by atoms with van der Waals surface area (Å²) in [5.74, 6) is 1.73. The van der Waals surface area contributed by atoms with Crippen LogP contribution in [-0.4, -0.2) is 33.4 Å². The summed E-state index contributed by atoms with van der Waals surface area (Å²) in [6, 6.07) is 0.341. The van der Waals surface area contributed by atoms with Crippen molar-refractivity contribution in [3.63, 3.8) is 0 Å². The lowest BCUT2D eigenvalue weighted by atomic mass is 9.98. The average Bonchev–Trinajstić information content (AvgIpc) is 2.79. The fraction of sp³-hybridized carbons (Fsp3) is 0.786. The number of ketones is 1. The van der Waals surface area contributed by atoms with E-state index in [0.717, 1.165) is 31.6 Å². The van der Waals surface area contributed by atoms with Crippen LogP contribution in [0.5, 0.6) is 0 Å². The van der Waals surface area contributed by atoms with Crippen LogP contribution in [0.4, 0.5) is 0 Å². The summed E-state index contributed by atoms with van der Waals surface area (Å²) in [5, 5.41) is 3.98. The number of aromatic nitrogens is 2. The highest BCUT2D eigenvalue weighted by atomic mass is 16.5. The molecule has 1 aliphatic rings. The summed E-state index contributed by atoms with van der Waals surface area (Å²) in [6.07, 6.45) is 6.01. The SMILES string of the molecule is CCCc1noc(CN2CCCCC2CC(C)=O)n1. The molecule has 5 heteroatoms. The lowest BCUT2D eigenvalue weighted by Crippen LogP contribution is -2.40. The predicted molar refractivity (Wildman–Crippen MR) is 71.6 cm³/mol. The maximum Gasteiger partial charge on any atom is 0.240 e. The van der Waals surface area contributed by atoms with Gasteiger partial charge in [0.2, 0.25) is 5.89 Å². The molecule has 0 amide bonds. The minimum Gasteiger partial charge on any atom is -0.338 e. The number of nitrogens with zero attached hydrogens (tertiary/aromatic N) is 3. The van der Waals surface area contributed by atoms with E-state index in [4.69, 9.17) is 4.52 Å². The molecule has 1 saturated heterocycles. The van der Waals surface area contributed by atoms with Gasteiger partial charge in [0.1, 0.15) is 5.78 Å². The van der Waals surface area contributed by atoms with Gasteiger partial charge in [0, 0.05) is 18.9 Å². The highest BCUT2D eigenvalue weighted by molar-refractivity contribution is 5.76. The highest BCUT2D eigenvalue weighted by Gasteiger charge is 2.25. The maximum absolute atomic E-state index is 11.3. The summed E-state index contributed by atoms with van der Waals surface area (Å²) in [4.78, 5) is 18.0. The van der Waals surface area contributed by atoms with Gasteiger partial charge in [-0.25, -0.2) is 0 Å². The number of rotatable bonds is 6. The van der Waals surface area contributed by atoms with Crippen molar-refractivity contribution in [3.8, 4) is 0 Å². The van der Waals surface area contributed by atoms with Gasteiger partial charge in [-0.3, -0.25) is 9.69 Å². The van der Waals surface area contributed by atoms with Gasteiger partial charge in [-0.1, -0.05) is 18.5 Å². The smallest absolute Gasteiger partial charge is 0.240 e. The second-order valence-corrected chi connectivity index (χ2v) is 5.38. The lowest BCUT2D eigenvalue weighted by molar-refractivity contribution is -0.118. The zero-order chi connectivity index (χ0) is 13.7. The van der Waals surface area contributed by atoms with E-state index >= 15 is 0 Å². The number of hydrogen-bond donors (Lipinski definition) is 0. The first-order chi connectivity index (χ1) is 9.19. The average molecular weight is 265 g/mol. The molecule has 106 valence electrons. The van der Waals surface area contributed by atoms with Gasteiger partial charge in [-0.2, -0.15) is 4.98 Å². The van der Waals surface area contributed by atoms with Crippen LogP contribution >= 0.6 is 0 Å². The van der Waals surface area contributed by atoms with Crippen LogP contribution in [-0.2, 0) is 17.8 Å². The second kappa shape index (κ2) is 6.80. The molecule has 1 fully saturated rings. The molecule has 1 aliphatic heterocycles. The summed E-state index contributed by atoms with van der Waals surface area (Å²) in [7, 11) is 0. The number of hydrogen-bond acceptors (Lipinski definition) is 5. The van der Waals surface area contributed by atoms with Crippen LogP contribution in [0.25, 0.3) is 0 Å². The van der Waals surface area contributed by atoms with Crippen molar-refractivity contribution in [1.29, 1.82) is 0 Å². The maximum atomic E-state index is 11.3. The van der Waals surface area contributed by atoms with E-state index in [9.17, 15) is 4.79 Å². The van der Waals surface area contributed by atoms with Crippen LogP contribution in [0.3, 0.4) is 0 Å². The number of carbonyl (C=O) groups excluding carboxylic acids is 1. The Bertz CT molecular complexity index is 417. The summed E-state index contributed by atoms with van der Waals surface area (Å²) >= 11 is 0. The van der Waals surface area contributed by atoms with Crippen molar-refractivity contribution in [2.24, 2.45) is 0 Å². The Morgan fingerprint density at radius 1 is 1.47 bits per heavy atom. The zero-order valence-corrected chi connectivity index (χ0v) is 11.9. The molecule has 0 bridgehead atoms. The Morgan fingerprint density at radius 2 is 2.32 bits per heavy atom. The topological polar surface area (TPSA) is 59.2 Å². The molecule has 0 spiro atoms. The van der Waals surface area contributed by atoms with Gasteiger partial charge in [0.25, 0.3) is 0 Å². The monoisotopic (exact) mass is 265 g/mol. The quantitative estimate of drug-likeness (QED) is 0.790. The minimum atomic E-state index is 0.258. The molecule has 2 rings (SSSR count). The van der Waals surface area contributed by atoms with E-state index < -0.39 is 0 Å². The van der Waals surface area contributed by atoms with Crippen molar-refractivity contribution < 1.29 is 9.32 Å². The highest BCUT2D eigenvalue weighted by Crippen LogP contribution is 2.21. The van der Waals surface area contributed by atoms with Crippen LogP contribution in [0.1, 0.15) is 57.7 Å². The first kappa shape index (κ1) is 14.2. The molecule has 0 aliphatic carbocycles. The van der Waals surface area contributed by atoms with E-state index in [1.165, 1.54) is 12.8 Å². The van der Waals surface area contributed by atoms with Gasteiger partial charge >= 0.3 is 0 Å². The molecular formula is C14H23N3O2. The fourth-order valence-electron chi connectivity index (χ4n) is 2.68. The number of piperidine rings is 1. The van der Waals surface area contributed by atoms with Crippen LogP contribution in [0, 0.1) is 0 Å². The summed E-state index contributed by atoms with van der Waals surface area (Å²) in [5.41, 5.74) is 0. The number of aryl methyl sites for hydroxylation is 1. The van der Waals surface area contributed by atoms with Crippen LogP contribution in [0.15, 0.2) is 4.52 Å². The molecule has 0 aromatic carbocycles. The van der Waals surface area contributed by atoms with E-state index in [-0.39, 0.29) is 5.78 Å². The fourth-order valence-corrected chi connectivity index (χ4v) is 2.68. The van der Waals surface area contributed by atoms with Crippen molar-refractivity contribution in [3.05, 3.63) is 11.7 Å². The third-order valence-electron chi connectivity index (χ3n) is 3.59. The third kappa shape index (κ3) is 4.13. The third-order valence-corrected chi connectivity index (χ3v) is 3.59. The first-order valence-corrected chi connectivity index (χ1v) is 7.24.